The van der Waals surface area contributed by atoms with E-state index < -0.39 is 52.6 Å². The maximum Gasteiger partial charge on any atom is 0.306 e. The Morgan fingerprint density at radius 1 is 1.11 bits per heavy atom. The summed E-state index contributed by atoms with van der Waals surface area (Å²) in [5, 5.41) is 10.4. The maximum absolute atomic E-state index is 13.7. The van der Waals surface area contributed by atoms with Crippen molar-refractivity contribution < 1.29 is 27.9 Å². The van der Waals surface area contributed by atoms with Gasteiger partial charge in [-0.3, -0.25) is 9.59 Å². The Morgan fingerprint density at radius 2 is 1.77 bits per heavy atom. The zero-order valence-electron chi connectivity index (χ0n) is 19.6. The van der Waals surface area contributed by atoms with Gasteiger partial charge in [0.05, 0.1) is 18.2 Å². The number of morpholine rings is 1. The van der Waals surface area contributed by atoms with E-state index in [1.807, 2.05) is 0 Å². The van der Waals surface area contributed by atoms with Crippen LogP contribution in [-0.4, -0.2) is 66.6 Å². The number of carboxylic acid groups (broad SMARTS) is 1. The molecule has 1 aliphatic heterocycles. The molecular formula is C24H28Cl2N2O6S. The molecule has 2 aromatic carbocycles. The quantitative estimate of drug-likeness (QED) is 0.510. The van der Waals surface area contributed by atoms with Crippen molar-refractivity contribution >= 4 is 45.1 Å². The Balaban J connectivity index is 2.21. The molecule has 2 aromatic rings. The number of amides is 1. The first kappa shape index (κ1) is 27.4. The van der Waals surface area contributed by atoms with Crippen molar-refractivity contribution in [3.63, 3.8) is 0 Å². The molecule has 1 heterocycles. The van der Waals surface area contributed by atoms with Crippen molar-refractivity contribution in [2.45, 2.75) is 44.1 Å². The molecule has 4 unspecified atom stereocenters. The number of carboxylic acids is 1. The van der Waals surface area contributed by atoms with Gasteiger partial charge in [0.2, 0.25) is 10.0 Å². The summed E-state index contributed by atoms with van der Waals surface area (Å²) in [6.45, 7) is 1.79. The zero-order chi connectivity index (χ0) is 25.9. The zero-order valence-corrected chi connectivity index (χ0v) is 21.9. The highest BCUT2D eigenvalue weighted by Gasteiger charge is 2.47. The van der Waals surface area contributed by atoms with Gasteiger partial charge in [0.15, 0.2) is 0 Å². The van der Waals surface area contributed by atoms with Crippen molar-refractivity contribution in [1.29, 1.82) is 0 Å². The Labute approximate surface area is 215 Å². The minimum absolute atomic E-state index is 0.324. The molecule has 1 aliphatic rings. The van der Waals surface area contributed by atoms with E-state index in [-0.39, 0.29) is 5.75 Å². The summed E-state index contributed by atoms with van der Waals surface area (Å²) >= 11 is 12.3. The molecular weight excluding hydrogens is 515 g/mol. The fourth-order valence-corrected chi connectivity index (χ4v) is 5.69. The minimum atomic E-state index is -3.68. The van der Waals surface area contributed by atoms with Gasteiger partial charge in [0.1, 0.15) is 12.2 Å². The van der Waals surface area contributed by atoms with Crippen LogP contribution in [0.15, 0.2) is 48.5 Å². The molecule has 0 bridgehead atoms. The van der Waals surface area contributed by atoms with Gasteiger partial charge in [-0.25, -0.2) is 12.7 Å². The van der Waals surface area contributed by atoms with Crippen LogP contribution >= 0.6 is 23.2 Å². The van der Waals surface area contributed by atoms with E-state index in [0.29, 0.717) is 27.6 Å². The van der Waals surface area contributed by atoms with Crippen LogP contribution < -0.4 is 0 Å². The second-order valence-corrected chi connectivity index (χ2v) is 11.7. The van der Waals surface area contributed by atoms with Gasteiger partial charge >= 0.3 is 5.97 Å². The number of rotatable bonds is 9. The number of carbonyl (C=O) groups excluding carboxylic acids is 1. The van der Waals surface area contributed by atoms with Crippen molar-refractivity contribution in [3.05, 3.63) is 69.7 Å². The van der Waals surface area contributed by atoms with Crippen molar-refractivity contribution in [3.8, 4) is 0 Å². The Bertz CT molecular complexity index is 1170. The Morgan fingerprint density at radius 3 is 2.31 bits per heavy atom. The highest BCUT2D eigenvalue weighted by atomic mass is 35.5. The number of carbonyl (C=O) groups is 2. The number of sulfonamides is 1. The van der Waals surface area contributed by atoms with E-state index in [4.69, 9.17) is 27.9 Å². The molecule has 1 fully saturated rings. The van der Waals surface area contributed by atoms with Crippen LogP contribution in [0.1, 0.15) is 43.0 Å². The molecule has 0 saturated carbocycles. The van der Waals surface area contributed by atoms with Gasteiger partial charge < -0.3 is 14.7 Å². The number of ether oxygens (including phenoxy) is 1. The van der Waals surface area contributed by atoms with E-state index in [1.54, 1.807) is 55.5 Å². The SMILES string of the molecule is CCC(CS(=O)(=O)N(C)C)N1C(=O)C(CC(=O)O)OC(c2cccc(Cl)c2)C1c1ccc(Cl)cc1. The minimum Gasteiger partial charge on any atom is -0.481 e. The summed E-state index contributed by atoms with van der Waals surface area (Å²) in [5.74, 6) is -2.10. The highest BCUT2D eigenvalue weighted by molar-refractivity contribution is 7.89. The number of hydrogen-bond acceptors (Lipinski definition) is 5. The summed E-state index contributed by atoms with van der Waals surface area (Å²) in [4.78, 5) is 26.7. The van der Waals surface area contributed by atoms with E-state index in [9.17, 15) is 23.1 Å². The summed E-state index contributed by atoms with van der Waals surface area (Å²) in [6.07, 6.45) is -2.33. The third kappa shape index (κ3) is 6.34. The lowest BCUT2D eigenvalue weighted by molar-refractivity contribution is -0.182. The Kier molecular flexibility index (Phi) is 8.82. The second-order valence-electron chi connectivity index (χ2n) is 8.56. The fraction of sp³-hybridized carbons (Fsp3) is 0.417. The summed E-state index contributed by atoms with van der Waals surface area (Å²) in [6, 6.07) is 12.3. The largest absolute Gasteiger partial charge is 0.481 e. The van der Waals surface area contributed by atoms with Crippen LogP contribution in [0.25, 0.3) is 0 Å². The normalized spacial score (nSPS) is 21.8. The lowest BCUT2D eigenvalue weighted by atomic mass is 9.89. The molecule has 11 heteroatoms. The van der Waals surface area contributed by atoms with Crippen LogP contribution in [0, 0.1) is 0 Å². The van der Waals surface area contributed by atoms with Crippen LogP contribution in [0.2, 0.25) is 10.0 Å². The smallest absolute Gasteiger partial charge is 0.306 e. The standard InChI is InChI=1S/C24H28Cl2N2O6S/c1-4-19(14-35(32,33)27(2)3)28-22(15-8-10-17(25)11-9-15)23(16-6-5-7-18(26)12-16)34-20(24(28)31)13-21(29)30/h5-12,19-20,22-23H,4,13-14H2,1-3H3,(H,29,30). The lowest BCUT2D eigenvalue weighted by Gasteiger charge is -2.48. The van der Waals surface area contributed by atoms with Crippen molar-refractivity contribution in [2.75, 3.05) is 19.8 Å². The van der Waals surface area contributed by atoms with Crippen LogP contribution in [-0.2, 0) is 24.3 Å². The van der Waals surface area contributed by atoms with Gasteiger partial charge in [-0.05, 0) is 41.8 Å². The molecule has 190 valence electrons. The first-order chi connectivity index (χ1) is 16.4. The van der Waals surface area contributed by atoms with Gasteiger partial charge in [0, 0.05) is 30.2 Å². The number of benzene rings is 2. The molecule has 1 N–H and O–H groups in total. The average molecular weight is 543 g/mol. The molecule has 0 spiro atoms. The molecule has 0 aliphatic carbocycles. The highest BCUT2D eigenvalue weighted by Crippen LogP contribution is 2.44. The molecule has 4 atom stereocenters. The van der Waals surface area contributed by atoms with Gasteiger partial charge in [-0.2, -0.15) is 0 Å². The number of nitrogens with zero attached hydrogens (tertiary/aromatic N) is 2. The molecule has 1 amide bonds. The van der Waals surface area contributed by atoms with Crippen LogP contribution in [0.3, 0.4) is 0 Å². The fourth-order valence-electron chi connectivity index (χ4n) is 4.19. The Hall–Kier alpha value is -2.17. The lowest BCUT2D eigenvalue weighted by Crippen LogP contribution is -2.57. The summed E-state index contributed by atoms with van der Waals surface area (Å²) < 4.78 is 32.9. The van der Waals surface area contributed by atoms with E-state index in [2.05, 4.69) is 0 Å². The predicted octanol–water partition coefficient (Wildman–Crippen LogP) is 4.15. The first-order valence-electron chi connectivity index (χ1n) is 11.0. The molecule has 3 rings (SSSR count). The van der Waals surface area contributed by atoms with Gasteiger partial charge in [-0.1, -0.05) is 54.4 Å². The third-order valence-electron chi connectivity index (χ3n) is 6.00. The maximum atomic E-state index is 13.7. The molecule has 0 aromatic heterocycles. The average Bonchev–Trinajstić information content (AvgIpc) is 2.79. The van der Waals surface area contributed by atoms with E-state index in [1.165, 1.54) is 19.0 Å². The van der Waals surface area contributed by atoms with Crippen molar-refractivity contribution in [2.24, 2.45) is 0 Å². The van der Waals surface area contributed by atoms with Crippen molar-refractivity contribution in [1.82, 2.24) is 9.21 Å². The topological polar surface area (TPSA) is 104 Å². The molecule has 1 saturated heterocycles. The van der Waals surface area contributed by atoms with Gasteiger partial charge in [0.25, 0.3) is 5.91 Å². The van der Waals surface area contributed by atoms with E-state index in [0.717, 1.165) is 4.31 Å². The monoisotopic (exact) mass is 542 g/mol. The second kappa shape index (κ2) is 11.3. The third-order valence-corrected chi connectivity index (χ3v) is 8.41. The molecule has 0 radical (unpaired) electrons. The van der Waals surface area contributed by atoms with E-state index >= 15 is 0 Å². The molecule has 35 heavy (non-hydrogen) atoms. The van der Waals surface area contributed by atoms with Crippen LogP contribution in [0.5, 0.6) is 0 Å². The van der Waals surface area contributed by atoms with Crippen LogP contribution in [0.4, 0.5) is 0 Å². The summed E-state index contributed by atoms with van der Waals surface area (Å²) in [5.41, 5.74) is 1.30. The number of halogens is 2. The van der Waals surface area contributed by atoms with Gasteiger partial charge in [-0.15, -0.1) is 0 Å². The molecule has 8 nitrogen and oxygen atoms in total. The number of aliphatic carboxylic acids is 1. The predicted molar refractivity (Wildman–Crippen MR) is 134 cm³/mol. The first-order valence-corrected chi connectivity index (χ1v) is 13.4. The number of hydrogen-bond donors (Lipinski definition) is 1. The summed E-state index contributed by atoms with van der Waals surface area (Å²) in [7, 11) is -0.819.